The minimum atomic E-state index is 0.336. The van der Waals surface area contributed by atoms with Crippen LogP contribution in [0.25, 0.3) is 0 Å². The highest BCUT2D eigenvalue weighted by atomic mass is 32.1. The van der Waals surface area contributed by atoms with E-state index in [9.17, 15) is 0 Å². The third-order valence-electron chi connectivity index (χ3n) is 3.22. The molecule has 102 valence electrons. The smallest absolute Gasteiger partial charge is 0.137 e. The van der Waals surface area contributed by atoms with E-state index in [1.165, 1.54) is 16.9 Å². The van der Waals surface area contributed by atoms with Gasteiger partial charge in [-0.25, -0.2) is 0 Å². The SMILES string of the molecule is CNC(CCCc1cccs1)c1cncc(OC)c1. The van der Waals surface area contributed by atoms with Crippen LogP contribution in [0.3, 0.4) is 0 Å². The lowest BCUT2D eigenvalue weighted by molar-refractivity contribution is 0.410. The first-order chi connectivity index (χ1) is 9.33. The van der Waals surface area contributed by atoms with Crippen LogP contribution in [0.2, 0.25) is 0 Å². The molecular formula is C15H20N2OS. The molecule has 0 aliphatic rings. The molecule has 2 aromatic rings. The highest BCUT2D eigenvalue weighted by molar-refractivity contribution is 7.09. The summed E-state index contributed by atoms with van der Waals surface area (Å²) in [6, 6.07) is 6.70. The molecule has 0 aliphatic heterocycles. The van der Waals surface area contributed by atoms with E-state index in [1.807, 2.05) is 24.6 Å². The zero-order valence-electron chi connectivity index (χ0n) is 11.4. The van der Waals surface area contributed by atoms with Crippen LogP contribution in [-0.4, -0.2) is 19.1 Å². The summed E-state index contributed by atoms with van der Waals surface area (Å²) >= 11 is 1.83. The molecule has 0 aliphatic carbocycles. The fourth-order valence-electron chi connectivity index (χ4n) is 2.15. The molecule has 0 aromatic carbocycles. The molecule has 0 radical (unpaired) electrons. The van der Waals surface area contributed by atoms with Crippen LogP contribution in [0, 0.1) is 0 Å². The monoisotopic (exact) mass is 276 g/mol. The van der Waals surface area contributed by atoms with Crippen LogP contribution < -0.4 is 10.1 Å². The minimum absolute atomic E-state index is 0.336. The van der Waals surface area contributed by atoms with Crippen molar-refractivity contribution in [1.82, 2.24) is 10.3 Å². The van der Waals surface area contributed by atoms with Gasteiger partial charge in [0.15, 0.2) is 0 Å². The van der Waals surface area contributed by atoms with E-state index in [0.717, 1.165) is 18.6 Å². The Hall–Kier alpha value is -1.39. The van der Waals surface area contributed by atoms with E-state index in [2.05, 4.69) is 33.9 Å². The lowest BCUT2D eigenvalue weighted by Crippen LogP contribution is -2.16. The van der Waals surface area contributed by atoms with Gasteiger partial charge in [-0.05, 0) is 49.4 Å². The maximum absolute atomic E-state index is 5.22. The van der Waals surface area contributed by atoms with Crippen molar-refractivity contribution >= 4 is 11.3 Å². The number of hydrogen-bond donors (Lipinski definition) is 1. The van der Waals surface area contributed by atoms with Gasteiger partial charge in [-0.3, -0.25) is 4.98 Å². The highest BCUT2D eigenvalue weighted by Gasteiger charge is 2.10. The average Bonchev–Trinajstić information content (AvgIpc) is 2.97. The van der Waals surface area contributed by atoms with E-state index >= 15 is 0 Å². The second-order valence-corrected chi connectivity index (χ2v) is 5.50. The van der Waals surface area contributed by atoms with Crippen molar-refractivity contribution < 1.29 is 4.74 Å². The lowest BCUT2D eigenvalue weighted by Gasteiger charge is -2.16. The van der Waals surface area contributed by atoms with Crippen LogP contribution in [0.4, 0.5) is 0 Å². The van der Waals surface area contributed by atoms with E-state index in [4.69, 9.17) is 4.74 Å². The molecule has 19 heavy (non-hydrogen) atoms. The molecule has 0 fully saturated rings. The maximum Gasteiger partial charge on any atom is 0.137 e. The quantitative estimate of drug-likeness (QED) is 0.841. The number of hydrogen-bond acceptors (Lipinski definition) is 4. The zero-order valence-corrected chi connectivity index (χ0v) is 12.2. The van der Waals surface area contributed by atoms with Crippen LogP contribution in [-0.2, 0) is 6.42 Å². The summed E-state index contributed by atoms with van der Waals surface area (Å²) in [4.78, 5) is 5.68. The van der Waals surface area contributed by atoms with Crippen molar-refractivity contribution in [3.63, 3.8) is 0 Å². The normalized spacial score (nSPS) is 12.3. The summed E-state index contributed by atoms with van der Waals surface area (Å²) in [5.41, 5.74) is 1.19. The van der Waals surface area contributed by atoms with Crippen molar-refractivity contribution in [1.29, 1.82) is 0 Å². The largest absolute Gasteiger partial charge is 0.495 e. The molecule has 4 heteroatoms. The van der Waals surface area contributed by atoms with E-state index in [-0.39, 0.29) is 0 Å². The summed E-state index contributed by atoms with van der Waals surface area (Å²) in [5, 5.41) is 5.49. The standard InChI is InChI=1S/C15H20N2OS/c1-16-15(7-3-5-14-6-4-8-19-14)12-9-13(18-2)11-17-10-12/h4,6,8-11,15-16H,3,5,7H2,1-2H3. The fourth-order valence-corrected chi connectivity index (χ4v) is 2.90. The molecule has 0 amide bonds. The first-order valence-corrected chi connectivity index (χ1v) is 7.40. The van der Waals surface area contributed by atoms with Crippen LogP contribution in [0.5, 0.6) is 5.75 Å². The molecule has 2 rings (SSSR count). The number of aromatic nitrogens is 1. The van der Waals surface area contributed by atoms with Gasteiger partial charge in [0.25, 0.3) is 0 Å². The summed E-state index contributed by atoms with van der Waals surface area (Å²) < 4.78 is 5.22. The molecular weight excluding hydrogens is 256 g/mol. The Morgan fingerprint density at radius 3 is 3.00 bits per heavy atom. The Bertz CT molecular complexity index is 485. The number of rotatable bonds is 7. The average molecular weight is 276 g/mol. The number of methoxy groups -OCH3 is 1. The number of pyridine rings is 1. The number of ether oxygens (including phenoxy) is 1. The molecule has 2 heterocycles. The third-order valence-corrected chi connectivity index (χ3v) is 4.15. The molecule has 1 unspecified atom stereocenters. The minimum Gasteiger partial charge on any atom is -0.495 e. The Kier molecular flexibility index (Phi) is 5.36. The number of thiophene rings is 1. The first kappa shape index (κ1) is 14.0. The summed E-state index contributed by atoms with van der Waals surface area (Å²) in [5.74, 6) is 0.816. The van der Waals surface area contributed by atoms with Gasteiger partial charge in [0, 0.05) is 17.1 Å². The molecule has 0 spiro atoms. The molecule has 3 nitrogen and oxygen atoms in total. The van der Waals surface area contributed by atoms with Gasteiger partial charge in [-0.2, -0.15) is 0 Å². The Morgan fingerprint density at radius 2 is 2.32 bits per heavy atom. The van der Waals surface area contributed by atoms with Gasteiger partial charge >= 0.3 is 0 Å². The molecule has 2 aromatic heterocycles. The van der Waals surface area contributed by atoms with Gasteiger partial charge in [-0.15, -0.1) is 11.3 Å². The van der Waals surface area contributed by atoms with Gasteiger partial charge in [0.1, 0.15) is 5.75 Å². The predicted octanol–water partition coefficient (Wildman–Crippen LogP) is 3.44. The molecule has 1 N–H and O–H groups in total. The van der Waals surface area contributed by atoms with E-state index in [1.54, 1.807) is 13.3 Å². The van der Waals surface area contributed by atoms with E-state index in [0.29, 0.717) is 6.04 Å². The van der Waals surface area contributed by atoms with Gasteiger partial charge in [0.2, 0.25) is 0 Å². The van der Waals surface area contributed by atoms with Gasteiger partial charge in [0.05, 0.1) is 13.3 Å². The second kappa shape index (κ2) is 7.26. The molecule has 1 atom stereocenters. The molecule has 0 saturated heterocycles. The van der Waals surface area contributed by atoms with Crippen LogP contribution in [0.15, 0.2) is 36.0 Å². The van der Waals surface area contributed by atoms with Crippen molar-refractivity contribution in [2.75, 3.05) is 14.2 Å². The maximum atomic E-state index is 5.22. The first-order valence-electron chi connectivity index (χ1n) is 6.52. The highest BCUT2D eigenvalue weighted by Crippen LogP contribution is 2.22. The fraction of sp³-hybridized carbons (Fsp3) is 0.400. The second-order valence-electron chi connectivity index (χ2n) is 4.47. The summed E-state index contributed by atoms with van der Waals surface area (Å²) in [7, 11) is 3.67. The zero-order chi connectivity index (χ0) is 13.5. The Labute approximate surface area is 118 Å². The van der Waals surface area contributed by atoms with Crippen molar-refractivity contribution in [2.24, 2.45) is 0 Å². The summed E-state index contributed by atoms with van der Waals surface area (Å²) in [6.07, 6.45) is 7.07. The topological polar surface area (TPSA) is 34.2 Å². The van der Waals surface area contributed by atoms with Crippen molar-refractivity contribution in [2.45, 2.75) is 25.3 Å². The van der Waals surface area contributed by atoms with Gasteiger partial charge < -0.3 is 10.1 Å². The number of nitrogens with zero attached hydrogens (tertiary/aromatic N) is 1. The molecule has 0 bridgehead atoms. The molecule has 0 saturated carbocycles. The van der Waals surface area contributed by atoms with Crippen LogP contribution in [0.1, 0.15) is 29.3 Å². The van der Waals surface area contributed by atoms with Crippen molar-refractivity contribution in [3.05, 3.63) is 46.4 Å². The van der Waals surface area contributed by atoms with E-state index < -0.39 is 0 Å². The van der Waals surface area contributed by atoms with Crippen molar-refractivity contribution in [3.8, 4) is 5.75 Å². The predicted molar refractivity (Wildman–Crippen MR) is 79.8 cm³/mol. The lowest BCUT2D eigenvalue weighted by atomic mass is 10.0. The Balaban J connectivity index is 1.91. The number of aryl methyl sites for hydroxylation is 1. The summed E-state index contributed by atoms with van der Waals surface area (Å²) in [6.45, 7) is 0. The van der Waals surface area contributed by atoms with Crippen LogP contribution >= 0.6 is 11.3 Å². The number of nitrogens with one attached hydrogen (secondary N) is 1. The third kappa shape index (κ3) is 4.04. The van der Waals surface area contributed by atoms with Gasteiger partial charge in [-0.1, -0.05) is 6.07 Å². The Morgan fingerprint density at radius 1 is 1.42 bits per heavy atom.